The highest BCUT2D eigenvalue weighted by Crippen LogP contribution is 2.25. The largest absolute Gasteiger partial charge is 0.370 e. The summed E-state index contributed by atoms with van der Waals surface area (Å²) in [7, 11) is 0. The summed E-state index contributed by atoms with van der Waals surface area (Å²) in [5.41, 5.74) is 1.10. The quantitative estimate of drug-likeness (QED) is 0.640. The molecule has 1 amide bonds. The van der Waals surface area contributed by atoms with Crippen LogP contribution in [0.2, 0.25) is 5.02 Å². The molecule has 1 fully saturated rings. The van der Waals surface area contributed by atoms with Gasteiger partial charge in [0.05, 0.1) is 16.8 Å². The summed E-state index contributed by atoms with van der Waals surface area (Å²) < 4.78 is 0. The second-order valence-electron chi connectivity index (χ2n) is 6.27. The molecule has 0 saturated carbocycles. The van der Waals surface area contributed by atoms with Crippen LogP contribution in [0.5, 0.6) is 0 Å². The normalized spacial score (nSPS) is 14.9. The molecule has 1 N–H and O–H groups in total. The lowest BCUT2D eigenvalue weighted by Gasteiger charge is -2.33. The van der Waals surface area contributed by atoms with E-state index >= 15 is 0 Å². The maximum Gasteiger partial charge on any atom is 0.288 e. The van der Waals surface area contributed by atoms with Gasteiger partial charge in [0.25, 0.3) is 11.6 Å². The van der Waals surface area contributed by atoms with Gasteiger partial charge in [-0.15, -0.1) is 0 Å². The van der Waals surface area contributed by atoms with Crippen molar-refractivity contribution in [2.24, 2.45) is 5.92 Å². The third kappa shape index (κ3) is 4.29. The number of nitrogens with zero attached hydrogens (tertiary/aromatic N) is 3. The lowest BCUT2D eigenvalue weighted by Crippen LogP contribution is -2.38. The Kier molecular flexibility index (Phi) is 5.68. The van der Waals surface area contributed by atoms with E-state index in [1.165, 1.54) is 18.2 Å². The smallest absolute Gasteiger partial charge is 0.288 e. The number of piperidine rings is 1. The van der Waals surface area contributed by atoms with E-state index in [0.717, 1.165) is 31.6 Å². The van der Waals surface area contributed by atoms with Crippen molar-refractivity contribution in [2.75, 3.05) is 24.5 Å². The van der Waals surface area contributed by atoms with Crippen LogP contribution in [0, 0.1) is 16.0 Å². The summed E-state index contributed by atoms with van der Waals surface area (Å²) in [6.45, 7) is 2.38. The molecule has 136 valence electrons. The van der Waals surface area contributed by atoms with E-state index in [-0.39, 0.29) is 22.2 Å². The fourth-order valence-electron chi connectivity index (χ4n) is 3.07. The van der Waals surface area contributed by atoms with Gasteiger partial charge in [0.2, 0.25) is 0 Å². The van der Waals surface area contributed by atoms with Gasteiger partial charge < -0.3 is 10.2 Å². The van der Waals surface area contributed by atoms with Crippen molar-refractivity contribution in [2.45, 2.75) is 12.8 Å². The number of carbonyl (C=O) groups is 1. The van der Waals surface area contributed by atoms with Gasteiger partial charge in [0, 0.05) is 37.5 Å². The summed E-state index contributed by atoms with van der Waals surface area (Å²) in [5.74, 6) is 0.0635. The van der Waals surface area contributed by atoms with E-state index in [9.17, 15) is 14.9 Å². The Labute approximate surface area is 156 Å². The molecule has 0 radical (unpaired) electrons. The standard InChI is InChI=1S/C18H19ClN4O3/c19-16-4-3-14(10-17(16)23(25)26)18(24)21-11-13-5-8-22(9-6-13)15-2-1-7-20-12-15/h1-4,7,10,12-13H,5-6,8-9,11H2,(H,21,24). The van der Waals surface area contributed by atoms with Crippen molar-refractivity contribution in [3.05, 3.63) is 63.4 Å². The van der Waals surface area contributed by atoms with Crippen LogP contribution in [0.15, 0.2) is 42.7 Å². The second kappa shape index (κ2) is 8.14. The minimum Gasteiger partial charge on any atom is -0.370 e. The highest BCUT2D eigenvalue weighted by molar-refractivity contribution is 6.32. The number of rotatable bonds is 5. The van der Waals surface area contributed by atoms with Gasteiger partial charge >= 0.3 is 0 Å². The van der Waals surface area contributed by atoms with Gasteiger partial charge in [-0.25, -0.2) is 0 Å². The minimum absolute atomic E-state index is 0.0225. The summed E-state index contributed by atoms with van der Waals surface area (Å²) in [4.78, 5) is 29.0. The molecule has 0 spiro atoms. The first-order valence-electron chi connectivity index (χ1n) is 8.41. The molecule has 0 atom stereocenters. The maximum absolute atomic E-state index is 12.3. The molecule has 1 aliphatic heterocycles. The SMILES string of the molecule is O=C(NCC1CCN(c2cccnc2)CC1)c1ccc(Cl)c([N+](=O)[O-])c1. The Hall–Kier alpha value is -2.67. The van der Waals surface area contributed by atoms with Crippen molar-refractivity contribution in [3.8, 4) is 0 Å². The van der Waals surface area contributed by atoms with Crippen LogP contribution >= 0.6 is 11.6 Å². The molecule has 0 unspecified atom stereocenters. The Morgan fingerprint density at radius 3 is 2.77 bits per heavy atom. The minimum atomic E-state index is -0.590. The number of nitro groups is 1. The van der Waals surface area contributed by atoms with Crippen LogP contribution in [0.3, 0.4) is 0 Å². The van der Waals surface area contributed by atoms with Crippen LogP contribution < -0.4 is 10.2 Å². The molecule has 1 saturated heterocycles. The van der Waals surface area contributed by atoms with E-state index in [4.69, 9.17) is 11.6 Å². The molecular formula is C18H19ClN4O3. The van der Waals surface area contributed by atoms with Crippen molar-refractivity contribution < 1.29 is 9.72 Å². The average Bonchev–Trinajstić information content (AvgIpc) is 2.67. The van der Waals surface area contributed by atoms with Crippen LogP contribution in [-0.2, 0) is 0 Å². The lowest BCUT2D eigenvalue weighted by atomic mass is 9.96. The third-order valence-corrected chi connectivity index (χ3v) is 4.90. The topological polar surface area (TPSA) is 88.4 Å². The molecule has 1 aliphatic rings. The number of benzene rings is 1. The fraction of sp³-hybridized carbons (Fsp3) is 0.333. The van der Waals surface area contributed by atoms with Crippen LogP contribution in [0.25, 0.3) is 0 Å². The first-order chi connectivity index (χ1) is 12.5. The predicted molar refractivity (Wildman–Crippen MR) is 99.6 cm³/mol. The van der Waals surface area contributed by atoms with Crippen LogP contribution in [0.1, 0.15) is 23.2 Å². The lowest BCUT2D eigenvalue weighted by molar-refractivity contribution is -0.384. The van der Waals surface area contributed by atoms with E-state index in [0.29, 0.717) is 12.5 Å². The zero-order valence-corrected chi connectivity index (χ0v) is 14.9. The fourth-order valence-corrected chi connectivity index (χ4v) is 3.26. The van der Waals surface area contributed by atoms with Gasteiger partial charge in [0.1, 0.15) is 5.02 Å². The maximum atomic E-state index is 12.3. The number of nitro benzene ring substituents is 1. The Morgan fingerprint density at radius 2 is 2.12 bits per heavy atom. The molecule has 3 rings (SSSR count). The first-order valence-corrected chi connectivity index (χ1v) is 8.79. The van der Waals surface area contributed by atoms with Crippen molar-refractivity contribution in [1.82, 2.24) is 10.3 Å². The highest BCUT2D eigenvalue weighted by atomic mass is 35.5. The van der Waals surface area contributed by atoms with Crippen LogP contribution in [0.4, 0.5) is 11.4 Å². The molecule has 8 heteroatoms. The number of aromatic nitrogens is 1. The number of pyridine rings is 1. The van der Waals surface area contributed by atoms with E-state index < -0.39 is 4.92 Å². The Bertz CT molecular complexity index is 792. The zero-order chi connectivity index (χ0) is 18.5. The molecular weight excluding hydrogens is 356 g/mol. The summed E-state index contributed by atoms with van der Waals surface area (Å²) in [6, 6.07) is 8.05. The van der Waals surface area contributed by atoms with Gasteiger partial charge in [-0.1, -0.05) is 11.6 Å². The predicted octanol–water partition coefficient (Wildman–Crippen LogP) is 3.29. The first kappa shape index (κ1) is 18.1. The number of hydrogen-bond acceptors (Lipinski definition) is 5. The number of nitrogens with one attached hydrogen (secondary N) is 1. The molecule has 26 heavy (non-hydrogen) atoms. The van der Waals surface area contributed by atoms with Gasteiger partial charge in [0.15, 0.2) is 0 Å². The summed E-state index contributed by atoms with van der Waals surface area (Å²) in [6.07, 6.45) is 5.55. The molecule has 2 heterocycles. The van der Waals surface area contributed by atoms with Crippen molar-refractivity contribution in [3.63, 3.8) is 0 Å². The molecule has 1 aromatic heterocycles. The number of amides is 1. The molecule has 0 aliphatic carbocycles. The van der Waals surface area contributed by atoms with E-state index in [1.807, 2.05) is 18.3 Å². The van der Waals surface area contributed by atoms with E-state index in [2.05, 4.69) is 15.2 Å². The Morgan fingerprint density at radius 1 is 1.35 bits per heavy atom. The zero-order valence-electron chi connectivity index (χ0n) is 14.1. The van der Waals surface area contributed by atoms with Crippen molar-refractivity contribution in [1.29, 1.82) is 0 Å². The third-order valence-electron chi connectivity index (χ3n) is 4.58. The number of halogens is 1. The number of anilines is 1. The monoisotopic (exact) mass is 374 g/mol. The number of hydrogen-bond donors (Lipinski definition) is 1. The molecule has 7 nitrogen and oxygen atoms in total. The summed E-state index contributed by atoms with van der Waals surface area (Å²) in [5, 5.41) is 13.8. The summed E-state index contributed by atoms with van der Waals surface area (Å²) >= 11 is 5.78. The molecule has 2 aromatic rings. The van der Waals surface area contributed by atoms with E-state index in [1.54, 1.807) is 6.20 Å². The van der Waals surface area contributed by atoms with Gasteiger partial charge in [-0.2, -0.15) is 0 Å². The molecule has 0 bridgehead atoms. The molecule has 1 aromatic carbocycles. The number of carbonyl (C=O) groups excluding carboxylic acids is 1. The average molecular weight is 375 g/mol. The highest BCUT2D eigenvalue weighted by Gasteiger charge is 2.21. The Balaban J connectivity index is 1.51. The van der Waals surface area contributed by atoms with Gasteiger partial charge in [-0.05, 0) is 43.0 Å². The van der Waals surface area contributed by atoms with Crippen molar-refractivity contribution >= 4 is 28.9 Å². The van der Waals surface area contributed by atoms with Gasteiger partial charge in [-0.3, -0.25) is 19.9 Å². The second-order valence-corrected chi connectivity index (χ2v) is 6.68. The van der Waals surface area contributed by atoms with Crippen LogP contribution in [-0.4, -0.2) is 35.4 Å².